The van der Waals surface area contributed by atoms with E-state index in [2.05, 4.69) is 15.0 Å². The molecule has 0 radical (unpaired) electrons. The average Bonchev–Trinajstić information content (AvgIpc) is 2.30. The van der Waals surface area contributed by atoms with Crippen LogP contribution in [0, 0.1) is 6.92 Å². The number of halogens is 1. The van der Waals surface area contributed by atoms with E-state index in [1.165, 1.54) is 6.33 Å². The third kappa shape index (κ3) is 2.04. The highest BCUT2D eigenvalue weighted by Gasteiger charge is 2.10. The van der Waals surface area contributed by atoms with Gasteiger partial charge in [-0.05, 0) is 19.4 Å². The molecule has 0 N–H and O–H groups in total. The molecule has 0 aromatic carbocycles. The monoisotopic (exact) mass is 233 g/mol. The van der Waals surface area contributed by atoms with Crippen LogP contribution in [0.25, 0.3) is 11.1 Å². The van der Waals surface area contributed by atoms with E-state index in [1.54, 1.807) is 6.20 Å². The molecule has 0 saturated heterocycles. The van der Waals surface area contributed by atoms with E-state index in [0.717, 1.165) is 28.9 Å². The second-order valence-corrected chi connectivity index (χ2v) is 3.89. The Labute approximate surface area is 99.5 Å². The van der Waals surface area contributed by atoms with Crippen LogP contribution in [0.15, 0.2) is 24.7 Å². The lowest BCUT2D eigenvalue weighted by molar-refractivity contribution is 1.00. The molecule has 2 rings (SSSR count). The summed E-state index contributed by atoms with van der Waals surface area (Å²) in [6.45, 7) is 4.00. The largest absolute Gasteiger partial charge is 0.261 e. The maximum absolute atomic E-state index is 6.10. The summed E-state index contributed by atoms with van der Waals surface area (Å²) in [6.07, 6.45) is 4.12. The van der Waals surface area contributed by atoms with Gasteiger partial charge < -0.3 is 0 Å². The molecule has 82 valence electrons. The van der Waals surface area contributed by atoms with Gasteiger partial charge in [-0.1, -0.05) is 24.6 Å². The van der Waals surface area contributed by atoms with Crippen LogP contribution in [0.3, 0.4) is 0 Å². The van der Waals surface area contributed by atoms with Crippen LogP contribution in [-0.2, 0) is 6.42 Å². The van der Waals surface area contributed by atoms with E-state index in [4.69, 9.17) is 11.6 Å². The van der Waals surface area contributed by atoms with Crippen molar-refractivity contribution in [3.05, 3.63) is 41.2 Å². The Morgan fingerprint density at radius 2 is 2.00 bits per heavy atom. The highest BCUT2D eigenvalue weighted by Crippen LogP contribution is 2.28. The predicted octanol–water partition coefficient (Wildman–Crippen LogP) is 3.06. The molecule has 0 bridgehead atoms. The van der Waals surface area contributed by atoms with Crippen LogP contribution in [0.1, 0.15) is 18.3 Å². The number of nitrogens with zero attached hydrogens (tertiary/aromatic N) is 3. The van der Waals surface area contributed by atoms with E-state index in [9.17, 15) is 0 Å². The van der Waals surface area contributed by atoms with Crippen molar-refractivity contribution < 1.29 is 0 Å². The third-order valence-electron chi connectivity index (χ3n) is 2.41. The first-order chi connectivity index (χ1) is 7.72. The minimum Gasteiger partial charge on any atom is -0.261 e. The van der Waals surface area contributed by atoms with Crippen molar-refractivity contribution in [1.29, 1.82) is 0 Å². The Kier molecular flexibility index (Phi) is 3.15. The summed E-state index contributed by atoms with van der Waals surface area (Å²) in [5.74, 6) is 0. The minimum atomic E-state index is 0.484. The van der Waals surface area contributed by atoms with E-state index in [1.807, 2.05) is 26.0 Å². The fraction of sp³-hybridized carbons (Fsp3) is 0.250. The van der Waals surface area contributed by atoms with Crippen molar-refractivity contribution in [3.63, 3.8) is 0 Å². The van der Waals surface area contributed by atoms with Gasteiger partial charge in [-0.3, -0.25) is 4.98 Å². The summed E-state index contributed by atoms with van der Waals surface area (Å²) >= 11 is 6.10. The van der Waals surface area contributed by atoms with Crippen LogP contribution in [-0.4, -0.2) is 15.0 Å². The van der Waals surface area contributed by atoms with Crippen molar-refractivity contribution in [2.24, 2.45) is 0 Å². The number of pyridine rings is 1. The van der Waals surface area contributed by atoms with Crippen LogP contribution in [0.4, 0.5) is 0 Å². The normalized spacial score (nSPS) is 10.4. The highest BCUT2D eigenvalue weighted by atomic mass is 35.5. The van der Waals surface area contributed by atoms with Crippen LogP contribution >= 0.6 is 11.6 Å². The van der Waals surface area contributed by atoms with Crippen LogP contribution in [0.5, 0.6) is 0 Å². The summed E-state index contributed by atoms with van der Waals surface area (Å²) in [5.41, 5.74) is 3.78. The SMILES string of the molecule is CCc1ncnc(Cl)c1-c1ccc(C)nc1. The Morgan fingerprint density at radius 1 is 1.19 bits per heavy atom. The smallest absolute Gasteiger partial charge is 0.140 e. The molecule has 0 aliphatic rings. The molecule has 0 amide bonds. The Hall–Kier alpha value is -1.48. The first-order valence-corrected chi connectivity index (χ1v) is 5.52. The molecular weight excluding hydrogens is 222 g/mol. The van der Waals surface area contributed by atoms with Crippen molar-refractivity contribution in [2.75, 3.05) is 0 Å². The molecule has 0 aliphatic carbocycles. The van der Waals surface area contributed by atoms with Gasteiger partial charge in [-0.2, -0.15) is 0 Å². The summed E-state index contributed by atoms with van der Waals surface area (Å²) < 4.78 is 0. The molecule has 16 heavy (non-hydrogen) atoms. The van der Waals surface area contributed by atoms with Crippen molar-refractivity contribution in [2.45, 2.75) is 20.3 Å². The number of hydrogen-bond donors (Lipinski definition) is 0. The summed E-state index contributed by atoms with van der Waals surface area (Å²) in [4.78, 5) is 12.5. The maximum atomic E-state index is 6.10. The first-order valence-electron chi connectivity index (χ1n) is 5.14. The molecule has 2 aromatic rings. The molecule has 0 saturated carbocycles. The molecular formula is C12H12ClN3. The topological polar surface area (TPSA) is 38.7 Å². The third-order valence-corrected chi connectivity index (χ3v) is 2.70. The Balaban J connectivity index is 2.58. The number of aromatic nitrogens is 3. The van der Waals surface area contributed by atoms with Gasteiger partial charge in [-0.25, -0.2) is 9.97 Å². The van der Waals surface area contributed by atoms with Gasteiger partial charge in [0, 0.05) is 23.0 Å². The Morgan fingerprint density at radius 3 is 2.62 bits per heavy atom. The van der Waals surface area contributed by atoms with E-state index in [-0.39, 0.29) is 0 Å². The second-order valence-electron chi connectivity index (χ2n) is 3.53. The van der Waals surface area contributed by atoms with Crippen molar-refractivity contribution in [3.8, 4) is 11.1 Å². The van der Waals surface area contributed by atoms with Crippen LogP contribution in [0.2, 0.25) is 5.15 Å². The fourth-order valence-corrected chi connectivity index (χ4v) is 1.83. The summed E-state index contributed by atoms with van der Waals surface area (Å²) in [5, 5.41) is 0.484. The lowest BCUT2D eigenvalue weighted by Crippen LogP contribution is -1.96. The lowest BCUT2D eigenvalue weighted by Gasteiger charge is -2.07. The van der Waals surface area contributed by atoms with E-state index in [0.29, 0.717) is 5.15 Å². The van der Waals surface area contributed by atoms with Gasteiger partial charge in [0.2, 0.25) is 0 Å². The van der Waals surface area contributed by atoms with Gasteiger partial charge in [0.05, 0.1) is 5.69 Å². The molecule has 0 unspecified atom stereocenters. The first kappa shape index (κ1) is 11.0. The van der Waals surface area contributed by atoms with Crippen LogP contribution < -0.4 is 0 Å². The maximum Gasteiger partial charge on any atom is 0.140 e. The van der Waals surface area contributed by atoms with Gasteiger partial charge in [0.15, 0.2) is 0 Å². The zero-order chi connectivity index (χ0) is 11.5. The minimum absolute atomic E-state index is 0.484. The number of rotatable bonds is 2. The van der Waals surface area contributed by atoms with Gasteiger partial charge in [0.1, 0.15) is 11.5 Å². The second kappa shape index (κ2) is 4.58. The van der Waals surface area contributed by atoms with E-state index < -0.39 is 0 Å². The molecule has 0 spiro atoms. The van der Waals surface area contributed by atoms with Gasteiger partial charge in [-0.15, -0.1) is 0 Å². The Bertz CT molecular complexity index is 494. The summed E-state index contributed by atoms with van der Waals surface area (Å²) in [6, 6.07) is 3.95. The predicted molar refractivity (Wildman–Crippen MR) is 64.4 cm³/mol. The zero-order valence-corrected chi connectivity index (χ0v) is 9.99. The van der Waals surface area contributed by atoms with Gasteiger partial charge >= 0.3 is 0 Å². The molecule has 3 nitrogen and oxygen atoms in total. The van der Waals surface area contributed by atoms with Crippen molar-refractivity contribution >= 4 is 11.6 Å². The standard InChI is InChI=1S/C12H12ClN3/c1-3-10-11(12(13)16-7-15-10)9-5-4-8(2)14-6-9/h4-7H,3H2,1-2H3. The fourth-order valence-electron chi connectivity index (χ4n) is 1.57. The summed E-state index contributed by atoms with van der Waals surface area (Å²) in [7, 11) is 0. The zero-order valence-electron chi connectivity index (χ0n) is 9.24. The number of hydrogen-bond acceptors (Lipinski definition) is 3. The lowest BCUT2D eigenvalue weighted by atomic mass is 10.1. The molecule has 0 aliphatic heterocycles. The number of aryl methyl sites for hydroxylation is 2. The van der Waals surface area contributed by atoms with E-state index >= 15 is 0 Å². The molecule has 2 heterocycles. The molecule has 2 aromatic heterocycles. The molecule has 0 atom stereocenters. The molecule has 0 fully saturated rings. The van der Waals surface area contributed by atoms with Crippen molar-refractivity contribution in [1.82, 2.24) is 15.0 Å². The molecule has 4 heteroatoms. The average molecular weight is 234 g/mol. The van der Waals surface area contributed by atoms with Gasteiger partial charge in [0.25, 0.3) is 0 Å². The highest BCUT2D eigenvalue weighted by molar-refractivity contribution is 6.32. The quantitative estimate of drug-likeness (QED) is 0.749.